The zero-order chi connectivity index (χ0) is 22.3. The van der Waals surface area contributed by atoms with Crippen LogP contribution in [0.5, 0.6) is 23.0 Å². The number of azo groups is 1. The second-order valence-corrected chi connectivity index (χ2v) is 6.33. The van der Waals surface area contributed by atoms with E-state index in [1.807, 2.05) is 0 Å². The standard InChI is InChI=1S/C20H22ClN3O6/c1-11(25)18(24-23-12-8-13(27-2)10-14(9-12)28-3)20(26)22-19-16(30-5)7-6-15(29-4)17(19)21/h6-10,18H,1-5H3,(H,22,26). The molecule has 0 spiro atoms. The summed E-state index contributed by atoms with van der Waals surface area (Å²) in [7, 11) is 5.85. The number of amides is 1. The number of hydrogen-bond donors (Lipinski definition) is 1. The lowest BCUT2D eigenvalue weighted by atomic mass is 10.2. The fraction of sp³-hybridized carbons (Fsp3) is 0.300. The van der Waals surface area contributed by atoms with Gasteiger partial charge in [0.2, 0.25) is 6.04 Å². The zero-order valence-corrected chi connectivity index (χ0v) is 17.9. The average molecular weight is 436 g/mol. The molecule has 0 saturated carbocycles. The van der Waals surface area contributed by atoms with Crippen LogP contribution in [0.3, 0.4) is 0 Å². The van der Waals surface area contributed by atoms with Crippen LogP contribution in [0.15, 0.2) is 40.6 Å². The van der Waals surface area contributed by atoms with Crippen LogP contribution < -0.4 is 24.3 Å². The van der Waals surface area contributed by atoms with E-state index in [0.29, 0.717) is 28.7 Å². The number of ketones is 1. The molecule has 1 unspecified atom stereocenters. The SMILES string of the molecule is COc1cc(N=NC(C(C)=O)C(=O)Nc2c(OC)ccc(OC)c2Cl)cc(OC)c1. The number of anilines is 1. The maximum atomic E-state index is 12.8. The number of carbonyl (C=O) groups excluding carboxylic acids is 2. The van der Waals surface area contributed by atoms with Crippen LogP contribution in [0.25, 0.3) is 0 Å². The third-order valence-corrected chi connectivity index (χ3v) is 4.39. The first-order chi connectivity index (χ1) is 14.3. The second-order valence-electron chi connectivity index (χ2n) is 5.95. The molecule has 0 bridgehead atoms. The summed E-state index contributed by atoms with van der Waals surface area (Å²) in [5.74, 6) is 0.363. The summed E-state index contributed by atoms with van der Waals surface area (Å²) >= 11 is 6.27. The van der Waals surface area contributed by atoms with Crippen molar-refractivity contribution >= 4 is 34.7 Å². The van der Waals surface area contributed by atoms with Crippen LogP contribution in [0.2, 0.25) is 5.02 Å². The van der Waals surface area contributed by atoms with E-state index in [1.165, 1.54) is 35.4 Å². The molecule has 0 heterocycles. The third-order valence-electron chi connectivity index (χ3n) is 4.01. The molecular weight excluding hydrogens is 414 g/mol. The van der Waals surface area contributed by atoms with Gasteiger partial charge in [0.05, 0.1) is 34.1 Å². The molecular formula is C20H22ClN3O6. The van der Waals surface area contributed by atoms with Crippen LogP contribution in [-0.2, 0) is 9.59 Å². The van der Waals surface area contributed by atoms with Gasteiger partial charge >= 0.3 is 0 Å². The molecule has 1 N–H and O–H groups in total. The summed E-state index contributed by atoms with van der Waals surface area (Å²) in [6, 6.07) is 6.59. The van der Waals surface area contributed by atoms with Gasteiger partial charge in [0, 0.05) is 18.2 Å². The lowest BCUT2D eigenvalue weighted by Crippen LogP contribution is -2.32. The van der Waals surface area contributed by atoms with Crippen molar-refractivity contribution < 1.29 is 28.5 Å². The average Bonchev–Trinajstić information content (AvgIpc) is 2.74. The van der Waals surface area contributed by atoms with Crippen molar-refractivity contribution in [1.29, 1.82) is 0 Å². The number of nitrogens with one attached hydrogen (secondary N) is 1. The topological polar surface area (TPSA) is 108 Å². The van der Waals surface area contributed by atoms with Crippen molar-refractivity contribution in [2.24, 2.45) is 10.2 Å². The molecule has 2 rings (SSSR count). The Morgan fingerprint density at radius 2 is 1.50 bits per heavy atom. The molecule has 160 valence electrons. The lowest BCUT2D eigenvalue weighted by molar-refractivity contribution is -0.126. The van der Waals surface area contributed by atoms with Crippen molar-refractivity contribution in [1.82, 2.24) is 0 Å². The normalized spacial score (nSPS) is 11.7. The minimum Gasteiger partial charge on any atom is -0.497 e. The highest BCUT2D eigenvalue weighted by atomic mass is 35.5. The summed E-state index contributed by atoms with van der Waals surface area (Å²) in [6.07, 6.45) is 0. The molecule has 0 radical (unpaired) electrons. The number of Topliss-reactive ketones (excluding diaryl/α,β-unsaturated/α-hetero) is 1. The fourth-order valence-electron chi connectivity index (χ4n) is 2.47. The smallest absolute Gasteiger partial charge is 0.258 e. The Hall–Kier alpha value is -3.33. The van der Waals surface area contributed by atoms with Crippen molar-refractivity contribution in [3.8, 4) is 23.0 Å². The Kier molecular flexibility index (Phi) is 7.99. The molecule has 0 aliphatic carbocycles. The van der Waals surface area contributed by atoms with Crippen LogP contribution in [0.1, 0.15) is 6.92 Å². The van der Waals surface area contributed by atoms with Crippen LogP contribution in [-0.4, -0.2) is 46.2 Å². The summed E-state index contributed by atoms with van der Waals surface area (Å²) in [6.45, 7) is 1.24. The van der Waals surface area contributed by atoms with Crippen molar-refractivity contribution in [3.63, 3.8) is 0 Å². The van der Waals surface area contributed by atoms with Crippen LogP contribution in [0, 0.1) is 0 Å². The molecule has 2 aromatic rings. The predicted molar refractivity (Wildman–Crippen MR) is 112 cm³/mol. The fourth-order valence-corrected chi connectivity index (χ4v) is 2.75. The molecule has 10 heteroatoms. The van der Waals surface area contributed by atoms with Crippen LogP contribution >= 0.6 is 11.6 Å². The Bertz CT molecular complexity index is 942. The van der Waals surface area contributed by atoms with Crippen LogP contribution in [0.4, 0.5) is 11.4 Å². The van der Waals surface area contributed by atoms with E-state index < -0.39 is 17.7 Å². The minimum atomic E-state index is -1.41. The number of ether oxygens (including phenoxy) is 4. The number of hydrogen-bond acceptors (Lipinski definition) is 8. The predicted octanol–water partition coefficient (Wildman–Crippen LogP) is 4.05. The highest BCUT2D eigenvalue weighted by molar-refractivity contribution is 6.35. The van der Waals surface area contributed by atoms with Gasteiger partial charge < -0.3 is 24.3 Å². The molecule has 1 atom stereocenters. The van der Waals surface area contributed by atoms with E-state index in [0.717, 1.165) is 0 Å². The Morgan fingerprint density at radius 1 is 0.933 bits per heavy atom. The summed E-state index contributed by atoms with van der Waals surface area (Å²) in [4.78, 5) is 24.8. The monoisotopic (exact) mass is 435 g/mol. The molecule has 9 nitrogen and oxygen atoms in total. The molecule has 0 saturated heterocycles. The Labute approximate surface area is 178 Å². The number of methoxy groups -OCH3 is 4. The first-order valence-corrected chi connectivity index (χ1v) is 9.08. The van der Waals surface area contributed by atoms with E-state index >= 15 is 0 Å². The second kappa shape index (κ2) is 10.4. The first kappa shape index (κ1) is 23.0. The zero-order valence-electron chi connectivity index (χ0n) is 17.2. The van der Waals surface area contributed by atoms with Gasteiger partial charge in [-0.15, -0.1) is 0 Å². The molecule has 0 aromatic heterocycles. The molecule has 30 heavy (non-hydrogen) atoms. The quantitative estimate of drug-likeness (QED) is 0.470. The van der Waals surface area contributed by atoms with Crippen molar-refractivity contribution in [2.75, 3.05) is 33.8 Å². The number of carbonyl (C=O) groups is 2. The Balaban J connectivity index is 2.33. The van der Waals surface area contributed by atoms with Gasteiger partial charge in [0.1, 0.15) is 33.7 Å². The maximum Gasteiger partial charge on any atom is 0.258 e. The van der Waals surface area contributed by atoms with E-state index in [4.69, 9.17) is 30.5 Å². The number of rotatable bonds is 9. The molecule has 2 aromatic carbocycles. The van der Waals surface area contributed by atoms with Gasteiger partial charge in [-0.1, -0.05) is 11.6 Å². The van der Waals surface area contributed by atoms with E-state index in [-0.39, 0.29) is 10.7 Å². The summed E-state index contributed by atoms with van der Waals surface area (Å²) in [5.41, 5.74) is 0.509. The van der Waals surface area contributed by atoms with E-state index in [1.54, 1.807) is 30.3 Å². The highest BCUT2D eigenvalue weighted by Gasteiger charge is 2.26. The Morgan fingerprint density at radius 3 is 2.00 bits per heavy atom. The number of nitrogens with zero attached hydrogens (tertiary/aromatic N) is 2. The molecule has 1 amide bonds. The van der Waals surface area contributed by atoms with Crippen molar-refractivity contribution in [2.45, 2.75) is 13.0 Å². The summed E-state index contributed by atoms with van der Waals surface area (Å²) < 4.78 is 20.7. The minimum absolute atomic E-state index is 0.127. The van der Waals surface area contributed by atoms with Gasteiger partial charge in [-0.05, 0) is 19.1 Å². The molecule has 0 aliphatic rings. The number of halogens is 1. The summed E-state index contributed by atoms with van der Waals surface area (Å²) in [5, 5.41) is 10.6. The number of benzene rings is 2. The van der Waals surface area contributed by atoms with Crippen molar-refractivity contribution in [3.05, 3.63) is 35.4 Å². The lowest BCUT2D eigenvalue weighted by Gasteiger charge is -2.15. The molecule has 0 aliphatic heterocycles. The van der Waals surface area contributed by atoms with E-state index in [9.17, 15) is 9.59 Å². The largest absolute Gasteiger partial charge is 0.497 e. The highest BCUT2D eigenvalue weighted by Crippen LogP contribution is 2.39. The first-order valence-electron chi connectivity index (χ1n) is 8.70. The maximum absolute atomic E-state index is 12.8. The van der Waals surface area contributed by atoms with Gasteiger partial charge in [-0.3, -0.25) is 9.59 Å². The van der Waals surface area contributed by atoms with Gasteiger partial charge in [-0.2, -0.15) is 10.2 Å². The van der Waals surface area contributed by atoms with Gasteiger partial charge in [-0.25, -0.2) is 0 Å². The third kappa shape index (κ3) is 5.38. The van der Waals surface area contributed by atoms with E-state index in [2.05, 4.69) is 15.5 Å². The van der Waals surface area contributed by atoms with Gasteiger partial charge in [0.15, 0.2) is 5.78 Å². The van der Waals surface area contributed by atoms with Gasteiger partial charge in [0.25, 0.3) is 5.91 Å². The molecule has 0 fully saturated rings.